The Balaban J connectivity index is 2.39. The molecule has 1 aliphatic rings. The van der Waals surface area contributed by atoms with Crippen LogP contribution in [0.3, 0.4) is 0 Å². The number of carboxylic acids is 1. The van der Waals surface area contributed by atoms with E-state index in [0.717, 1.165) is 11.3 Å². The van der Waals surface area contributed by atoms with Crippen molar-refractivity contribution in [1.29, 1.82) is 0 Å². The molecule has 1 aromatic carbocycles. The fourth-order valence-corrected chi connectivity index (χ4v) is 1.69. The van der Waals surface area contributed by atoms with E-state index in [4.69, 9.17) is 5.11 Å². The zero-order valence-corrected chi connectivity index (χ0v) is 8.80. The molecular formula is C12H11NO3. The largest absolute Gasteiger partial charge is 0.478 e. The molecule has 0 fully saturated rings. The standard InChI is InChI=1S/C12H11NO3/c1-8-4-2-3-5-10(8)13-7-9(12(15)16)6-11(13)14/h2-5,7H,6H2,1H3,(H,15,16). The summed E-state index contributed by atoms with van der Waals surface area (Å²) in [6.07, 6.45) is 1.36. The van der Waals surface area contributed by atoms with E-state index in [1.165, 1.54) is 11.1 Å². The van der Waals surface area contributed by atoms with Crippen LogP contribution in [-0.2, 0) is 9.59 Å². The first kappa shape index (κ1) is 10.4. The number of hydrogen-bond acceptors (Lipinski definition) is 2. The molecule has 1 heterocycles. The molecule has 4 heteroatoms. The van der Waals surface area contributed by atoms with Crippen molar-refractivity contribution in [1.82, 2.24) is 0 Å². The van der Waals surface area contributed by atoms with Crippen molar-refractivity contribution in [2.75, 3.05) is 4.90 Å². The van der Waals surface area contributed by atoms with E-state index < -0.39 is 5.97 Å². The van der Waals surface area contributed by atoms with Gasteiger partial charge in [-0.1, -0.05) is 18.2 Å². The number of aliphatic carboxylic acids is 1. The molecule has 0 atom stereocenters. The molecule has 1 amide bonds. The zero-order valence-electron chi connectivity index (χ0n) is 8.80. The third kappa shape index (κ3) is 1.69. The maximum absolute atomic E-state index is 11.7. The molecule has 0 saturated carbocycles. The summed E-state index contributed by atoms with van der Waals surface area (Å²) >= 11 is 0. The molecule has 16 heavy (non-hydrogen) atoms. The summed E-state index contributed by atoms with van der Waals surface area (Å²) in [6.45, 7) is 1.88. The Morgan fingerprint density at radius 2 is 2.06 bits per heavy atom. The number of rotatable bonds is 2. The van der Waals surface area contributed by atoms with Gasteiger partial charge < -0.3 is 5.11 Å². The third-order valence-electron chi connectivity index (χ3n) is 2.54. The highest BCUT2D eigenvalue weighted by Crippen LogP contribution is 2.26. The van der Waals surface area contributed by atoms with Crippen LogP contribution >= 0.6 is 0 Å². The van der Waals surface area contributed by atoms with Gasteiger partial charge in [0.15, 0.2) is 0 Å². The van der Waals surface area contributed by atoms with Crippen LogP contribution in [0.1, 0.15) is 12.0 Å². The number of hydrogen-bond donors (Lipinski definition) is 1. The van der Waals surface area contributed by atoms with Gasteiger partial charge in [-0.15, -0.1) is 0 Å². The third-order valence-corrected chi connectivity index (χ3v) is 2.54. The highest BCUT2D eigenvalue weighted by atomic mass is 16.4. The lowest BCUT2D eigenvalue weighted by Crippen LogP contribution is -2.20. The molecule has 0 saturated heterocycles. The molecule has 0 aliphatic carbocycles. The van der Waals surface area contributed by atoms with Crippen LogP contribution in [0.2, 0.25) is 0 Å². The topological polar surface area (TPSA) is 57.6 Å². The fraction of sp³-hybridized carbons (Fsp3) is 0.167. The average Bonchev–Trinajstić information content (AvgIpc) is 2.61. The molecule has 0 aromatic heterocycles. The van der Waals surface area contributed by atoms with Gasteiger partial charge in [-0.3, -0.25) is 9.69 Å². The number of carbonyl (C=O) groups excluding carboxylic acids is 1. The Hall–Kier alpha value is -2.10. The molecule has 1 aromatic rings. The molecule has 4 nitrogen and oxygen atoms in total. The number of aryl methyl sites for hydroxylation is 1. The van der Waals surface area contributed by atoms with Gasteiger partial charge in [-0.25, -0.2) is 4.79 Å². The lowest BCUT2D eigenvalue weighted by Gasteiger charge is -2.15. The number of carboxylic acid groups (broad SMARTS) is 1. The smallest absolute Gasteiger partial charge is 0.333 e. The fourth-order valence-electron chi connectivity index (χ4n) is 1.69. The first-order valence-electron chi connectivity index (χ1n) is 4.91. The van der Waals surface area contributed by atoms with E-state index >= 15 is 0 Å². The van der Waals surface area contributed by atoms with Gasteiger partial charge in [0.25, 0.3) is 0 Å². The van der Waals surface area contributed by atoms with E-state index in [1.807, 2.05) is 25.1 Å². The van der Waals surface area contributed by atoms with Gasteiger partial charge in [0, 0.05) is 6.20 Å². The molecule has 1 aliphatic heterocycles. The van der Waals surface area contributed by atoms with Crippen molar-refractivity contribution in [3.63, 3.8) is 0 Å². The molecule has 0 spiro atoms. The first-order valence-corrected chi connectivity index (χ1v) is 4.91. The van der Waals surface area contributed by atoms with Crippen LogP contribution in [0, 0.1) is 6.92 Å². The van der Waals surface area contributed by atoms with Crippen LogP contribution in [-0.4, -0.2) is 17.0 Å². The summed E-state index contributed by atoms with van der Waals surface area (Å²) in [4.78, 5) is 23.8. The minimum Gasteiger partial charge on any atom is -0.478 e. The normalized spacial score (nSPS) is 15.2. The van der Waals surface area contributed by atoms with Crippen LogP contribution in [0.5, 0.6) is 0 Å². The van der Waals surface area contributed by atoms with Crippen molar-refractivity contribution < 1.29 is 14.7 Å². The summed E-state index contributed by atoms with van der Waals surface area (Å²) in [5, 5.41) is 8.82. The summed E-state index contributed by atoms with van der Waals surface area (Å²) in [6, 6.07) is 7.38. The zero-order chi connectivity index (χ0) is 11.7. The van der Waals surface area contributed by atoms with Gasteiger partial charge in [0.05, 0.1) is 17.7 Å². The lowest BCUT2D eigenvalue weighted by molar-refractivity contribution is -0.133. The van der Waals surface area contributed by atoms with Crippen molar-refractivity contribution in [2.45, 2.75) is 13.3 Å². The second kappa shape index (κ2) is 3.81. The van der Waals surface area contributed by atoms with Crippen molar-refractivity contribution in [3.8, 4) is 0 Å². The Labute approximate surface area is 92.8 Å². The Morgan fingerprint density at radius 3 is 2.62 bits per heavy atom. The Bertz CT molecular complexity index is 491. The SMILES string of the molecule is Cc1ccccc1N1C=C(C(=O)O)CC1=O. The molecule has 0 unspecified atom stereocenters. The minimum atomic E-state index is -1.04. The Morgan fingerprint density at radius 1 is 1.38 bits per heavy atom. The minimum absolute atomic E-state index is 0.0380. The molecule has 0 radical (unpaired) electrons. The van der Waals surface area contributed by atoms with Gasteiger partial charge >= 0.3 is 5.97 Å². The number of anilines is 1. The van der Waals surface area contributed by atoms with Crippen molar-refractivity contribution >= 4 is 17.6 Å². The van der Waals surface area contributed by atoms with Crippen LogP contribution in [0.15, 0.2) is 36.0 Å². The van der Waals surface area contributed by atoms with Crippen molar-refractivity contribution in [2.24, 2.45) is 0 Å². The second-order valence-corrected chi connectivity index (χ2v) is 3.69. The van der Waals surface area contributed by atoms with Crippen LogP contribution in [0.25, 0.3) is 0 Å². The van der Waals surface area contributed by atoms with E-state index in [2.05, 4.69) is 0 Å². The Kier molecular flexibility index (Phi) is 2.48. The van der Waals surface area contributed by atoms with Crippen molar-refractivity contribution in [3.05, 3.63) is 41.6 Å². The highest BCUT2D eigenvalue weighted by molar-refractivity contribution is 6.07. The van der Waals surface area contributed by atoms with Gasteiger partial charge in [0.1, 0.15) is 0 Å². The summed E-state index contributed by atoms with van der Waals surface area (Å²) in [5.41, 5.74) is 1.82. The van der Waals surface area contributed by atoms with Gasteiger partial charge in [-0.05, 0) is 18.6 Å². The molecule has 2 rings (SSSR count). The predicted octanol–water partition coefficient (Wildman–Crippen LogP) is 1.70. The number of para-hydroxylation sites is 1. The number of amides is 1. The van der Waals surface area contributed by atoms with Gasteiger partial charge in [0.2, 0.25) is 5.91 Å². The molecule has 82 valence electrons. The quantitative estimate of drug-likeness (QED) is 0.820. The number of nitrogens with zero attached hydrogens (tertiary/aromatic N) is 1. The molecule has 1 N–H and O–H groups in total. The van der Waals surface area contributed by atoms with Gasteiger partial charge in [-0.2, -0.15) is 0 Å². The highest BCUT2D eigenvalue weighted by Gasteiger charge is 2.27. The van der Waals surface area contributed by atoms with Crippen LogP contribution in [0.4, 0.5) is 5.69 Å². The summed E-state index contributed by atoms with van der Waals surface area (Å²) in [7, 11) is 0. The monoisotopic (exact) mass is 217 g/mol. The first-order chi connectivity index (χ1) is 7.59. The van der Waals surface area contributed by atoms with Crippen LogP contribution < -0.4 is 4.90 Å². The van der Waals surface area contributed by atoms with E-state index in [9.17, 15) is 9.59 Å². The van der Waals surface area contributed by atoms with E-state index in [1.54, 1.807) is 6.07 Å². The second-order valence-electron chi connectivity index (χ2n) is 3.69. The average molecular weight is 217 g/mol. The molecular weight excluding hydrogens is 206 g/mol. The van der Waals surface area contributed by atoms with E-state index in [-0.39, 0.29) is 17.9 Å². The maximum atomic E-state index is 11.7. The predicted molar refractivity (Wildman–Crippen MR) is 59.0 cm³/mol. The lowest BCUT2D eigenvalue weighted by atomic mass is 10.2. The van der Waals surface area contributed by atoms with E-state index in [0.29, 0.717) is 0 Å². The summed E-state index contributed by atoms with van der Waals surface area (Å²) < 4.78 is 0. The maximum Gasteiger partial charge on any atom is 0.333 e. The number of benzene rings is 1. The molecule has 0 bridgehead atoms. The number of carbonyl (C=O) groups is 2. The summed E-state index contributed by atoms with van der Waals surface area (Å²) in [5.74, 6) is -1.24.